The Bertz CT molecular complexity index is 635. The Labute approximate surface area is 118 Å². The minimum Gasteiger partial charge on any atom is -0.480 e. The average molecular weight is 301 g/mol. The zero-order chi connectivity index (χ0) is 15.1. The number of carboxylic acid groups (broad SMARTS) is 1. The topological polar surface area (TPSA) is 92.5 Å². The fourth-order valence-corrected chi connectivity index (χ4v) is 4.74. The van der Waals surface area contributed by atoms with Gasteiger partial charge in [-0.2, -0.15) is 9.40 Å². The van der Waals surface area contributed by atoms with Gasteiger partial charge < -0.3 is 5.11 Å². The van der Waals surface area contributed by atoms with Crippen molar-refractivity contribution < 1.29 is 18.3 Å². The van der Waals surface area contributed by atoms with Crippen molar-refractivity contribution >= 4 is 16.0 Å². The third kappa shape index (κ3) is 2.33. The van der Waals surface area contributed by atoms with E-state index in [9.17, 15) is 18.3 Å². The second kappa shape index (κ2) is 5.17. The van der Waals surface area contributed by atoms with Crippen LogP contribution < -0.4 is 0 Å². The Hall–Kier alpha value is -1.41. The number of aromatic nitrogens is 2. The van der Waals surface area contributed by atoms with Crippen LogP contribution in [0.2, 0.25) is 0 Å². The lowest BCUT2D eigenvalue weighted by molar-refractivity contribution is -0.142. The summed E-state index contributed by atoms with van der Waals surface area (Å²) in [7, 11) is -2.15. The molecule has 2 heterocycles. The van der Waals surface area contributed by atoms with Crippen LogP contribution in [0.5, 0.6) is 0 Å². The number of hydrogen-bond donors (Lipinski definition) is 1. The summed E-state index contributed by atoms with van der Waals surface area (Å²) in [5, 5.41) is 13.3. The van der Waals surface area contributed by atoms with Gasteiger partial charge in [-0.15, -0.1) is 0 Å². The molecule has 1 fully saturated rings. The lowest BCUT2D eigenvalue weighted by Gasteiger charge is -2.31. The second-order valence-corrected chi connectivity index (χ2v) is 6.92. The van der Waals surface area contributed by atoms with Crippen molar-refractivity contribution in [1.29, 1.82) is 0 Å². The maximum atomic E-state index is 12.8. The molecule has 1 atom stereocenters. The van der Waals surface area contributed by atoms with Gasteiger partial charge in [-0.05, 0) is 33.1 Å². The molecule has 0 amide bonds. The van der Waals surface area contributed by atoms with Crippen molar-refractivity contribution in [1.82, 2.24) is 14.1 Å². The quantitative estimate of drug-likeness (QED) is 0.885. The number of carbonyl (C=O) groups is 1. The molecule has 0 aromatic carbocycles. The number of piperidine rings is 1. The predicted molar refractivity (Wildman–Crippen MR) is 71.8 cm³/mol. The average Bonchev–Trinajstić information content (AvgIpc) is 2.63. The van der Waals surface area contributed by atoms with Crippen molar-refractivity contribution in [3.8, 4) is 0 Å². The minimum atomic E-state index is -3.83. The summed E-state index contributed by atoms with van der Waals surface area (Å²) in [4.78, 5) is 11.4. The van der Waals surface area contributed by atoms with Gasteiger partial charge in [0.2, 0.25) is 10.0 Å². The first-order valence-electron chi connectivity index (χ1n) is 6.51. The first-order valence-corrected chi connectivity index (χ1v) is 7.95. The Morgan fingerprint density at radius 2 is 2.00 bits per heavy atom. The number of hydrogen-bond acceptors (Lipinski definition) is 4. The van der Waals surface area contributed by atoms with Crippen molar-refractivity contribution in [3.63, 3.8) is 0 Å². The lowest BCUT2D eigenvalue weighted by Crippen LogP contribution is -2.48. The highest BCUT2D eigenvalue weighted by molar-refractivity contribution is 7.89. The highest BCUT2D eigenvalue weighted by Crippen LogP contribution is 2.28. The summed E-state index contributed by atoms with van der Waals surface area (Å²) in [5.74, 6) is -1.09. The summed E-state index contributed by atoms with van der Waals surface area (Å²) in [6.07, 6.45) is 1.77. The molecule has 1 aliphatic heterocycles. The van der Waals surface area contributed by atoms with Crippen molar-refractivity contribution in [3.05, 3.63) is 11.4 Å². The molecule has 0 saturated carbocycles. The summed E-state index contributed by atoms with van der Waals surface area (Å²) < 4.78 is 28.1. The lowest BCUT2D eigenvalue weighted by atomic mass is 10.1. The van der Waals surface area contributed by atoms with Crippen molar-refractivity contribution in [2.24, 2.45) is 7.05 Å². The van der Waals surface area contributed by atoms with Gasteiger partial charge in [0.1, 0.15) is 10.9 Å². The molecule has 2 rings (SSSR count). The van der Waals surface area contributed by atoms with Gasteiger partial charge in [0.05, 0.1) is 11.4 Å². The van der Waals surface area contributed by atoms with Gasteiger partial charge in [-0.1, -0.05) is 0 Å². The van der Waals surface area contributed by atoms with Crippen LogP contribution in [-0.2, 0) is 21.9 Å². The van der Waals surface area contributed by atoms with Gasteiger partial charge >= 0.3 is 5.97 Å². The summed E-state index contributed by atoms with van der Waals surface area (Å²) >= 11 is 0. The van der Waals surface area contributed by atoms with Crippen molar-refractivity contribution in [2.45, 2.75) is 44.0 Å². The smallest absolute Gasteiger partial charge is 0.322 e. The van der Waals surface area contributed by atoms with Gasteiger partial charge in [0.25, 0.3) is 0 Å². The Kier molecular flexibility index (Phi) is 3.88. The summed E-state index contributed by atoms with van der Waals surface area (Å²) in [6.45, 7) is 3.54. The monoisotopic (exact) mass is 301 g/mol. The molecule has 1 unspecified atom stereocenters. The standard InChI is InChI=1S/C12H19N3O4S/c1-8-11(9(2)14(3)13-8)20(18,19)15-7-5-4-6-10(15)12(16)17/h10H,4-7H2,1-3H3,(H,16,17). The van der Waals surface area contributed by atoms with E-state index in [1.165, 1.54) is 4.68 Å². The van der Waals surface area contributed by atoms with Crippen LogP contribution in [0.3, 0.4) is 0 Å². The van der Waals surface area contributed by atoms with E-state index >= 15 is 0 Å². The van der Waals surface area contributed by atoms with Crippen molar-refractivity contribution in [2.75, 3.05) is 6.54 Å². The Morgan fingerprint density at radius 1 is 1.35 bits per heavy atom. The maximum Gasteiger partial charge on any atom is 0.322 e. The number of carboxylic acids is 1. The molecule has 0 aliphatic carbocycles. The van der Waals surface area contributed by atoms with Crippen LogP contribution in [0.25, 0.3) is 0 Å². The minimum absolute atomic E-state index is 0.133. The fraction of sp³-hybridized carbons (Fsp3) is 0.667. The Balaban J connectivity index is 2.50. The first-order chi connectivity index (χ1) is 9.26. The highest BCUT2D eigenvalue weighted by atomic mass is 32.2. The predicted octanol–water partition coefficient (Wildman–Crippen LogP) is 0.665. The van der Waals surface area contributed by atoms with E-state index in [1.807, 2.05) is 0 Å². The van der Waals surface area contributed by atoms with E-state index in [1.54, 1.807) is 20.9 Å². The number of sulfonamides is 1. The SMILES string of the molecule is Cc1nn(C)c(C)c1S(=O)(=O)N1CCCCC1C(=O)O. The molecular weight excluding hydrogens is 282 g/mol. The largest absolute Gasteiger partial charge is 0.480 e. The van der Waals surface area contributed by atoms with Gasteiger partial charge in [0, 0.05) is 13.6 Å². The molecule has 20 heavy (non-hydrogen) atoms. The Morgan fingerprint density at radius 3 is 2.50 bits per heavy atom. The van der Waals surface area contributed by atoms with Crippen LogP contribution in [0.1, 0.15) is 30.7 Å². The van der Waals surface area contributed by atoms with Crippen LogP contribution in [0, 0.1) is 13.8 Å². The molecule has 8 heteroatoms. The van der Waals surface area contributed by atoms with Crippen LogP contribution in [0.15, 0.2) is 4.90 Å². The van der Waals surface area contributed by atoms with E-state index < -0.39 is 22.0 Å². The fourth-order valence-electron chi connectivity index (χ4n) is 2.68. The van der Waals surface area contributed by atoms with E-state index in [2.05, 4.69) is 5.10 Å². The molecule has 1 aromatic heterocycles. The molecule has 0 bridgehead atoms. The molecule has 112 valence electrons. The van der Waals surface area contributed by atoms with Crippen LogP contribution in [0.4, 0.5) is 0 Å². The number of nitrogens with zero attached hydrogens (tertiary/aromatic N) is 3. The zero-order valence-electron chi connectivity index (χ0n) is 11.8. The molecule has 1 N–H and O–H groups in total. The van der Waals surface area contributed by atoms with E-state index in [0.717, 1.165) is 10.7 Å². The van der Waals surface area contributed by atoms with Gasteiger partial charge in [0.15, 0.2) is 0 Å². The third-order valence-corrected chi connectivity index (χ3v) is 5.91. The maximum absolute atomic E-state index is 12.8. The molecule has 1 saturated heterocycles. The number of aryl methyl sites for hydroxylation is 2. The number of rotatable bonds is 3. The van der Waals surface area contributed by atoms with E-state index in [-0.39, 0.29) is 11.4 Å². The molecule has 0 radical (unpaired) electrons. The van der Waals surface area contributed by atoms with Gasteiger partial charge in [-0.3, -0.25) is 9.48 Å². The molecule has 1 aromatic rings. The molecule has 7 nitrogen and oxygen atoms in total. The van der Waals surface area contributed by atoms with Crippen LogP contribution in [-0.4, -0.2) is 46.2 Å². The normalized spacial score (nSPS) is 21.1. The molecular formula is C12H19N3O4S. The third-order valence-electron chi connectivity index (χ3n) is 3.75. The summed E-state index contributed by atoms with van der Waals surface area (Å²) in [5.41, 5.74) is 0.928. The molecule has 0 spiro atoms. The van der Waals surface area contributed by atoms with Crippen LogP contribution >= 0.6 is 0 Å². The second-order valence-electron chi connectivity index (χ2n) is 5.09. The van der Waals surface area contributed by atoms with E-state index in [0.29, 0.717) is 24.2 Å². The highest BCUT2D eigenvalue weighted by Gasteiger charge is 2.39. The molecule has 1 aliphatic rings. The first kappa shape index (κ1) is 15.0. The van der Waals surface area contributed by atoms with Gasteiger partial charge in [-0.25, -0.2) is 8.42 Å². The number of aliphatic carboxylic acids is 1. The van der Waals surface area contributed by atoms with E-state index in [4.69, 9.17) is 0 Å². The summed E-state index contributed by atoms with van der Waals surface area (Å²) in [6, 6.07) is -0.979. The zero-order valence-corrected chi connectivity index (χ0v) is 12.6.